The van der Waals surface area contributed by atoms with Crippen molar-refractivity contribution in [3.63, 3.8) is 0 Å². The molecule has 1 amide bonds. The first kappa shape index (κ1) is 46.1. The number of carboxylic acids is 3. The molecular formula is C30H37F9N6O8. The summed E-state index contributed by atoms with van der Waals surface area (Å²) in [6.07, 6.45) is -11.6. The number of likely N-dealkylation sites (N-methyl/N-ethyl adjacent to an activating group) is 1. The Balaban J connectivity index is 0.000000545. The number of likely N-dealkylation sites (tertiary alicyclic amines) is 1. The molecule has 2 aliphatic rings. The van der Waals surface area contributed by atoms with Crippen LogP contribution in [-0.2, 0) is 14.4 Å². The molecule has 2 aliphatic heterocycles. The molecule has 4 rings (SSSR count). The van der Waals surface area contributed by atoms with E-state index in [1.165, 1.54) is 0 Å². The summed E-state index contributed by atoms with van der Waals surface area (Å²) in [5.74, 6) is -7.85. The van der Waals surface area contributed by atoms with Crippen molar-refractivity contribution >= 4 is 29.5 Å². The number of aliphatic carboxylic acids is 3. The second-order valence-corrected chi connectivity index (χ2v) is 10.9. The Morgan fingerprint density at radius 2 is 1.45 bits per heavy atom. The normalized spacial score (nSPS) is 17.5. The fraction of sp³-hybridized carbons (Fsp3) is 0.533. The number of carbonyl (C=O) groups is 4. The van der Waals surface area contributed by atoms with Gasteiger partial charge in [-0.05, 0) is 57.6 Å². The number of ether oxygens (including phenoxy) is 1. The van der Waals surface area contributed by atoms with E-state index in [9.17, 15) is 44.3 Å². The van der Waals surface area contributed by atoms with Gasteiger partial charge in [0, 0.05) is 44.5 Å². The first-order valence-electron chi connectivity index (χ1n) is 15.4. The average Bonchev–Trinajstić information content (AvgIpc) is 3.48. The number of halogens is 9. The number of piperazine rings is 1. The van der Waals surface area contributed by atoms with Gasteiger partial charge in [-0.3, -0.25) is 4.79 Å². The first-order chi connectivity index (χ1) is 24.4. The van der Waals surface area contributed by atoms with Gasteiger partial charge in [0.05, 0.1) is 23.6 Å². The molecule has 298 valence electrons. The summed E-state index contributed by atoms with van der Waals surface area (Å²) >= 11 is 0. The number of hydrogen-bond donors (Lipinski definition) is 5. The fourth-order valence-electron chi connectivity index (χ4n) is 4.59. The summed E-state index contributed by atoms with van der Waals surface area (Å²) in [6, 6.07) is 8.29. The largest absolute Gasteiger partial charge is 0.490 e. The Hall–Kier alpha value is -4.93. The van der Waals surface area contributed by atoms with Gasteiger partial charge in [0.2, 0.25) is 5.88 Å². The van der Waals surface area contributed by atoms with Gasteiger partial charge in [-0.2, -0.15) is 39.5 Å². The van der Waals surface area contributed by atoms with E-state index < -0.39 is 36.4 Å². The zero-order valence-electron chi connectivity index (χ0n) is 28.3. The zero-order valence-corrected chi connectivity index (χ0v) is 28.3. The lowest BCUT2D eigenvalue weighted by atomic mass is 10.1. The Kier molecular flexibility index (Phi) is 17.7. The molecule has 0 aliphatic carbocycles. The summed E-state index contributed by atoms with van der Waals surface area (Å²) < 4.78 is 101. The Morgan fingerprint density at radius 3 is 1.91 bits per heavy atom. The monoisotopic (exact) mass is 780 g/mol. The number of pyridine rings is 2. The van der Waals surface area contributed by atoms with Crippen molar-refractivity contribution in [3.05, 3.63) is 36.2 Å². The second-order valence-electron chi connectivity index (χ2n) is 10.9. The molecule has 2 aromatic rings. The number of carbonyl (C=O) groups excluding carboxylic acids is 1. The van der Waals surface area contributed by atoms with E-state index in [4.69, 9.17) is 39.4 Å². The lowest BCUT2D eigenvalue weighted by molar-refractivity contribution is -0.193. The van der Waals surface area contributed by atoms with Gasteiger partial charge in [-0.15, -0.1) is 0 Å². The Morgan fingerprint density at radius 1 is 0.906 bits per heavy atom. The maximum absolute atomic E-state index is 13.5. The van der Waals surface area contributed by atoms with Crippen molar-refractivity contribution in [1.82, 2.24) is 25.5 Å². The van der Waals surface area contributed by atoms with Gasteiger partial charge in [0.25, 0.3) is 5.91 Å². The van der Waals surface area contributed by atoms with Gasteiger partial charge in [0.1, 0.15) is 0 Å². The maximum atomic E-state index is 13.5. The van der Waals surface area contributed by atoms with Crippen molar-refractivity contribution in [1.29, 1.82) is 0 Å². The molecule has 0 unspecified atom stereocenters. The third kappa shape index (κ3) is 15.7. The van der Waals surface area contributed by atoms with Crippen molar-refractivity contribution in [2.75, 3.05) is 51.3 Å². The van der Waals surface area contributed by atoms with Crippen LogP contribution in [0.1, 0.15) is 37.2 Å². The molecule has 4 heterocycles. The number of anilines is 1. The molecule has 2 saturated heterocycles. The molecule has 53 heavy (non-hydrogen) atoms. The highest BCUT2D eigenvalue weighted by molar-refractivity contribution is 5.99. The van der Waals surface area contributed by atoms with Crippen LogP contribution in [0.15, 0.2) is 30.5 Å². The average molecular weight is 781 g/mol. The minimum absolute atomic E-state index is 0.114. The molecule has 2 atom stereocenters. The summed E-state index contributed by atoms with van der Waals surface area (Å²) in [6.45, 7) is 9.14. The first-order valence-corrected chi connectivity index (χ1v) is 15.4. The Bertz CT molecular complexity index is 1470. The highest BCUT2D eigenvalue weighted by Crippen LogP contribution is 2.31. The molecule has 0 radical (unpaired) electrons. The van der Waals surface area contributed by atoms with Crippen molar-refractivity contribution in [2.45, 2.75) is 57.3 Å². The molecule has 0 saturated carbocycles. The number of carboxylic acid groups (broad SMARTS) is 3. The van der Waals surface area contributed by atoms with E-state index in [0.717, 1.165) is 56.8 Å². The van der Waals surface area contributed by atoms with Crippen LogP contribution in [0.3, 0.4) is 0 Å². The van der Waals surface area contributed by atoms with E-state index in [2.05, 4.69) is 39.4 Å². The van der Waals surface area contributed by atoms with Crippen LogP contribution < -0.4 is 20.3 Å². The van der Waals surface area contributed by atoms with Crippen molar-refractivity contribution in [2.24, 2.45) is 0 Å². The SMILES string of the molecule is CCOc1ncccc1-c1ccc(N2CCNC[C@H]2CC)c(C(=O)N[C@@H]2CCN(C)C2)n1.O=C(O)C(F)(F)F.O=C(O)C(F)(F)F.O=C(O)C(F)(F)F. The van der Waals surface area contributed by atoms with Gasteiger partial charge in [-0.1, -0.05) is 6.92 Å². The van der Waals surface area contributed by atoms with Gasteiger partial charge in [-0.25, -0.2) is 24.4 Å². The van der Waals surface area contributed by atoms with Crippen LogP contribution in [0.4, 0.5) is 45.2 Å². The van der Waals surface area contributed by atoms with Crippen LogP contribution in [0.2, 0.25) is 0 Å². The second kappa shape index (κ2) is 20.3. The quantitative estimate of drug-likeness (QED) is 0.253. The molecule has 14 nitrogen and oxygen atoms in total. The molecule has 23 heteroatoms. The maximum Gasteiger partial charge on any atom is 0.490 e. The van der Waals surface area contributed by atoms with Crippen LogP contribution in [0.25, 0.3) is 11.3 Å². The van der Waals surface area contributed by atoms with E-state index in [-0.39, 0.29) is 11.9 Å². The summed E-state index contributed by atoms with van der Waals surface area (Å²) in [5.41, 5.74) is 2.86. The van der Waals surface area contributed by atoms with Crippen LogP contribution in [-0.4, -0.2) is 131 Å². The molecular weight excluding hydrogens is 743 g/mol. The molecule has 0 bridgehead atoms. The number of alkyl halides is 9. The van der Waals surface area contributed by atoms with Crippen molar-refractivity contribution in [3.8, 4) is 17.1 Å². The molecule has 2 fully saturated rings. The summed E-state index contributed by atoms with van der Waals surface area (Å²) in [7, 11) is 2.08. The zero-order chi connectivity index (χ0) is 40.7. The van der Waals surface area contributed by atoms with Gasteiger partial charge < -0.3 is 40.5 Å². The minimum atomic E-state index is -5.08. The lowest BCUT2D eigenvalue weighted by Gasteiger charge is -2.38. The predicted octanol–water partition coefficient (Wildman–Crippen LogP) is 4.06. The number of nitrogens with zero attached hydrogens (tertiary/aromatic N) is 4. The smallest absolute Gasteiger partial charge is 0.477 e. The van der Waals surface area contributed by atoms with Crippen LogP contribution in [0.5, 0.6) is 5.88 Å². The topological polar surface area (TPSA) is 195 Å². The third-order valence-electron chi connectivity index (χ3n) is 7.00. The van der Waals surface area contributed by atoms with Crippen LogP contribution >= 0.6 is 0 Å². The number of amides is 1. The molecule has 5 N–H and O–H groups in total. The van der Waals surface area contributed by atoms with Crippen LogP contribution in [0, 0.1) is 0 Å². The molecule has 0 aromatic carbocycles. The summed E-state index contributed by atoms with van der Waals surface area (Å²) in [4.78, 5) is 54.0. The minimum Gasteiger partial charge on any atom is -0.477 e. The number of aromatic nitrogens is 2. The fourth-order valence-corrected chi connectivity index (χ4v) is 4.59. The third-order valence-corrected chi connectivity index (χ3v) is 7.00. The molecule has 2 aromatic heterocycles. The van der Waals surface area contributed by atoms with E-state index >= 15 is 0 Å². The van der Waals surface area contributed by atoms with Gasteiger partial charge in [0.15, 0.2) is 5.69 Å². The van der Waals surface area contributed by atoms with E-state index in [0.29, 0.717) is 29.9 Å². The molecule has 0 spiro atoms. The highest BCUT2D eigenvalue weighted by Gasteiger charge is 2.39. The lowest BCUT2D eigenvalue weighted by Crippen LogP contribution is -2.52. The van der Waals surface area contributed by atoms with E-state index in [1.54, 1.807) is 6.20 Å². The predicted molar refractivity (Wildman–Crippen MR) is 167 cm³/mol. The number of rotatable bonds is 7. The highest BCUT2D eigenvalue weighted by atomic mass is 19.4. The summed E-state index contributed by atoms with van der Waals surface area (Å²) in [5, 5.41) is 28.1. The van der Waals surface area contributed by atoms with E-state index in [1.807, 2.05) is 31.2 Å². The number of nitrogens with one attached hydrogen (secondary N) is 2. The van der Waals surface area contributed by atoms with Crippen molar-refractivity contribution < 1.29 is 78.7 Å². The number of hydrogen-bond acceptors (Lipinski definition) is 10. The van der Waals surface area contributed by atoms with Gasteiger partial charge >= 0.3 is 36.4 Å². The standard InChI is InChI=1S/C24H34N6O2.3C2HF3O2/c1-4-18-15-25-12-14-30(18)21-9-8-20(19-7-6-11-26-24(19)32-5-2)28-22(21)23(31)27-17-10-13-29(3)16-17;3*3-2(4,5)1(6)7/h6-9,11,17-18,25H,4-5,10,12-16H2,1-3H3,(H,27,31);3*(H,6,7)/t17-,18-;;;/m1.../s1. The Labute approximate surface area is 295 Å².